The number of methoxy groups -OCH3 is 1. The molecule has 2 aliphatic heterocycles. The van der Waals surface area contributed by atoms with Gasteiger partial charge in [-0.15, -0.1) is 10.2 Å². The molecule has 0 atom stereocenters. The minimum atomic E-state index is -0.126. The van der Waals surface area contributed by atoms with Crippen molar-refractivity contribution in [2.24, 2.45) is 5.92 Å². The standard InChI is InChI=1S/C22H28N6O3/c1-31-17-14-23-9-5-16(17)20(30)27-11-7-22(8-12-27)6-2-10-28-18(25-26-21(22)28)19(29)24-13-15-3-4-15/h5,9,14-15H,2-4,6-8,10-13H2,1H3,(H,24,29). The average Bonchev–Trinajstić information content (AvgIpc) is 3.54. The van der Waals surface area contributed by atoms with Crippen LogP contribution in [0, 0.1) is 5.92 Å². The highest BCUT2D eigenvalue weighted by Crippen LogP contribution is 2.42. The van der Waals surface area contributed by atoms with Gasteiger partial charge in [-0.05, 0) is 50.5 Å². The van der Waals surface area contributed by atoms with Gasteiger partial charge in [0, 0.05) is 37.8 Å². The van der Waals surface area contributed by atoms with Gasteiger partial charge in [-0.1, -0.05) is 0 Å². The van der Waals surface area contributed by atoms with Crippen LogP contribution >= 0.6 is 0 Å². The Morgan fingerprint density at radius 1 is 1.19 bits per heavy atom. The lowest BCUT2D eigenvalue weighted by molar-refractivity contribution is 0.0631. The molecule has 31 heavy (non-hydrogen) atoms. The van der Waals surface area contributed by atoms with Crippen molar-refractivity contribution in [3.05, 3.63) is 35.7 Å². The van der Waals surface area contributed by atoms with Crippen molar-refractivity contribution >= 4 is 11.8 Å². The second-order valence-electron chi connectivity index (χ2n) is 8.90. The number of carbonyl (C=O) groups excluding carboxylic acids is 2. The van der Waals surface area contributed by atoms with E-state index in [2.05, 4.69) is 20.5 Å². The molecule has 1 aliphatic carbocycles. The number of nitrogens with one attached hydrogen (secondary N) is 1. The number of fused-ring (bicyclic) bond motifs is 2. The van der Waals surface area contributed by atoms with Crippen LogP contribution < -0.4 is 10.1 Å². The predicted octanol–water partition coefficient (Wildman–Crippen LogP) is 1.79. The Hall–Kier alpha value is -2.97. The number of nitrogens with zero attached hydrogens (tertiary/aromatic N) is 5. The van der Waals surface area contributed by atoms with E-state index in [0.29, 0.717) is 36.1 Å². The Balaban J connectivity index is 1.31. The van der Waals surface area contributed by atoms with E-state index < -0.39 is 0 Å². The summed E-state index contributed by atoms with van der Waals surface area (Å²) in [6.45, 7) is 2.77. The number of piperidine rings is 1. The highest BCUT2D eigenvalue weighted by atomic mass is 16.5. The van der Waals surface area contributed by atoms with Crippen molar-refractivity contribution in [3.8, 4) is 5.75 Å². The lowest BCUT2D eigenvalue weighted by Crippen LogP contribution is -2.48. The fourth-order valence-electron chi connectivity index (χ4n) is 4.90. The monoisotopic (exact) mass is 424 g/mol. The average molecular weight is 425 g/mol. The van der Waals surface area contributed by atoms with E-state index in [1.807, 2.05) is 9.47 Å². The molecule has 0 bridgehead atoms. The van der Waals surface area contributed by atoms with Crippen LogP contribution in [0.5, 0.6) is 5.75 Å². The Labute approximate surface area is 181 Å². The number of carbonyl (C=O) groups is 2. The van der Waals surface area contributed by atoms with Crippen LogP contribution in [-0.2, 0) is 12.0 Å². The van der Waals surface area contributed by atoms with Crippen molar-refractivity contribution in [3.63, 3.8) is 0 Å². The first-order chi connectivity index (χ1) is 15.1. The molecule has 1 saturated heterocycles. The Bertz CT molecular complexity index is 991. The maximum absolute atomic E-state index is 13.1. The summed E-state index contributed by atoms with van der Waals surface area (Å²) in [6.07, 6.45) is 9.19. The molecule has 2 fully saturated rings. The number of pyridine rings is 1. The largest absolute Gasteiger partial charge is 0.494 e. The van der Waals surface area contributed by atoms with Crippen LogP contribution in [0.1, 0.15) is 65.3 Å². The van der Waals surface area contributed by atoms with Crippen molar-refractivity contribution in [1.82, 2.24) is 30.0 Å². The first-order valence-corrected chi connectivity index (χ1v) is 11.1. The minimum Gasteiger partial charge on any atom is -0.494 e. The zero-order chi connectivity index (χ0) is 21.4. The summed E-state index contributed by atoms with van der Waals surface area (Å²) in [5, 5.41) is 11.7. The van der Waals surface area contributed by atoms with Crippen LogP contribution in [-0.4, -0.2) is 63.2 Å². The normalized spacial score (nSPS) is 19.7. The molecular formula is C22H28N6O3. The lowest BCUT2D eigenvalue weighted by atomic mass is 9.72. The fourth-order valence-corrected chi connectivity index (χ4v) is 4.90. The summed E-state index contributed by atoms with van der Waals surface area (Å²) >= 11 is 0. The maximum atomic E-state index is 13.1. The van der Waals surface area contributed by atoms with Crippen LogP contribution in [0.25, 0.3) is 0 Å². The summed E-state index contributed by atoms with van der Waals surface area (Å²) in [5.41, 5.74) is 0.411. The zero-order valence-electron chi connectivity index (χ0n) is 17.8. The molecule has 1 saturated carbocycles. The second-order valence-corrected chi connectivity index (χ2v) is 8.90. The third-order valence-electron chi connectivity index (χ3n) is 6.96. The number of hydrogen-bond donors (Lipinski definition) is 1. The Morgan fingerprint density at radius 2 is 2.00 bits per heavy atom. The Morgan fingerprint density at radius 3 is 2.74 bits per heavy atom. The number of amides is 2. The SMILES string of the molecule is COc1cnccc1C(=O)N1CCC2(CCCn3c(C(=O)NCC4CC4)nnc32)CC1. The van der Waals surface area contributed by atoms with E-state index in [1.54, 1.807) is 25.6 Å². The van der Waals surface area contributed by atoms with Crippen LogP contribution in [0.15, 0.2) is 18.5 Å². The third kappa shape index (κ3) is 3.66. The highest BCUT2D eigenvalue weighted by Gasteiger charge is 2.44. The molecule has 3 aliphatic rings. The van der Waals surface area contributed by atoms with Gasteiger partial charge in [0.15, 0.2) is 0 Å². The highest BCUT2D eigenvalue weighted by molar-refractivity contribution is 5.96. The van der Waals surface area contributed by atoms with Gasteiger partial charge in [-0.2, -0.15) is 0 Å². The zero-order valence-corrected chi connectivity index (χ0v) is 17.8. The topological polar surface area (TPSA) is 102 Å². The number of ether oxygens (including phenoxy) is 1. The molecule has 0 radical (unpaired) electrons. The number of likely N-dealkylation sites (tertiary alicyclic amines) is 1. The van der Waals surface area contributed by atoms with Gasteiger partial charge in [-0.25, -0.2) is 0 Å². The van der Waals surface area contributed by atoms with Gasteiger partial charge in [-0.3, -0.25) is 14.6 Å². The van der Waals surface area contributed by atoms with Crippen molar-refractivity contribution in [2.45, 2.75) is 50.5 Å². The van der Waals surface area contributed by atoms with Gasteiger partial charge in [0.25, 0.3) is 11.8 Å². The molecule has 9 nitrogen and oxygen atoms in total. The van der Waals surface area contributed by atoms with Crippen molar-refractivity contribution in [2.75, 3.05) is 26.7 Å². The van der Waals surface area contributed by atoms with Gasteiger partial charge in [0.1, 0.15) is 11.6 Å². The molecule has 0 aromatic carbocycles. The summed E-state index contributed by atoms with van der Waals surface area (Å²) in [5.74, 6) is 2.29. The van der Waals surface area contributed by atoms with E-state index in [9.17, 15) is 9.59 Å². The van der Waals surface area contributed by atoms with Crippen molar-refractivity contribution < 1.29 is 14.3 Å². The van der Waals surface area contributed by atoms with E-state index in [-0.39, 0.29) is 17.2 Å². The van der Waals surface area contributed by atoms with Gasteiger partial charge in [0.2, 0.25) is 5.82 Å². The molecule has 9 heteroatoms. The molecule has 2 amide bonds. The first-order valence-electron chi connectivity index (χ1n) is 11.1. The minimum absolute atomic E-state index is 0.0356. The first kappa shape index (κ1) is 20.0. The Kier molecular flexibility index (Phi) is 5.11. The van der Waals surface area contributed by atoms with Gasteiger partial charge in [0.05, 0.1) is 18.9 Å². The second kappa shape index (κ2) is 7.94. The van der Waals surface area contributed by atoms with Crippen molar-refractivity contribution in [1.29, 1.82) is 0 Å². The maximum Gasteiger partial charge on any atom is 0.289 e. The lowest BCUT2D eigenvalue weighted by Gasteiger charge is -2.43. The molecule has 164 valence electrons. The number of rotatable bonds is 5. The van der Waals surface area contributed by atoms with E-state index >= 15 is 0 Å². The molecule has 1 spiro atoms. The molecule has 1 N–H and O–H groups in total. The van der Waals surface area contributed by atoms with Crippen LogP contribution in [0.3, 0.4) is 0 Å². The fraction of sp³-hybridized carbons (Fsp3) is 0.591. The summed E-state index contributed by atoms with van der Waals surface area (Å²) < 4.78 is 7.32. The molecule has 5 rings (SSSR count). The quantitative estimate of drug-likeness (QED) is 0.785. The van der Waals surface area contributed by atoms with Crippen LogP contribution in [0.2, 0.25) is 0 Å². The summed E-state index contributed by atoms with van der Waals surface area (Å²) in [7, 11) is 1.55. The van der Waals surface area contributed by atoms with E-state index in [1.165, 1.54) is 12.8 Å². The smallest absolute Gasteiger partial charge is 0.289 e. The number of aromatic nitrogens is 4. The van der Waals surface area contributed by atoms with Gasteiger partial charge >= 0.3 is 0 Å². The summed E-state index contributed by atoms with van der Waals surface area (Å²) in [6, 6.07) is 1.70. The molecule has 2 aromatic heterocycles. The van der Waals surface area contributed by atoms with Crippen LogP contribution in [0.4, 0.5) is 0 Å². The molecular weight excluding hydrogens is 396 g/mol. The van der Waals surface area contributed by atoms with E-state index in [0.717, 1.165) is 44.6 Å². The van der Waals surface area contributed by atoms with Gasteiger partial charge < -0.3 is 19.5 Å². The third-order valence-corrected chi connectivity index (χ3v) is 6.96. The molecule has 4 heterocycles. The van der Waals surface area contributed by atoms with E-state index in [4.69, 9.17) is 4.74 Å². The summed E-state index contributed by atoms with van der Waals surface area (Å²) in [4.78, 5) is 31.6. The molecule has 2 aromatic rings. The number of hydrogen-bond acceptors (Lipinski definition) is 6. The molecule has 0 unspecified atom stereocenters. The predicted molar refractivity (Wildman–Crippen MR) is 112 cm³/mol.